The molecule has 0 amide bonds. The first-order chi connectivity index (χ1) is 5.33. The summed E-state index contributed by atoms with van der Waals surface area (Å²) in [6.07, 6.45) is 1.72. The smallest absolute Gasteiger partial charge is 0.120 e. The summed E-state index contributed by atoms with van der Waals surface area (Å²) in [6.45, 7) is 7.89. The highest BCUT2D eigenvalue weighted by molar-refractivity contribution is 5.29. The Hall–Kier alpha value is -1.24. The van der Waals surface area contributed by atoms with Crippen molar-refractivity contribution in [2.45, 2.75) is 0 Å². The third-order valence-electron chi connectivity index (χ3n) is 1.27. The van der Waals surface area contributed by atoms with Gasteiger partial charge < -0.3 is 4.74 Å². The van der Waals surface area contributed by atoms with Crippen LogP contribution in [0, 0.1) is 6.92 Å². The van der Waals surface area contributed by atoms with Crippen LogP contribution in [-0.2, 0) is 0 Å². The lowest BCUT2D eigenvalue weighted by Crippen LogP contribution is -1.92. The Balaban J connectivity index is 2.63. The second kappa shape index (κ2) is 3.81. The molecule has 0 aliphatic heterocycles. The molecule has 1 aromatic carbocycles. The molecule has 0 unspecified atom stereocenters. The maximum absolute atomic E-state index is 5.28. The second-order valence-corrected chi connectivity index (χ2v) is 2.25. The summed E-state index contributed by atoms with van der Waals surface area (Å²) in [5, 5.41) is 0. The summed E-state index contributed by atoms with van der Waals surface area (Å²) < 4.78 is 5.28. The van der Waals surface area contributed by atoms with Crippen molar-refractivity contribution in [2.24, 2.45) is 0 Å². The van der Waals surface area contributed by atoms with Crippen LogP contribution in [0.2, 0.25) is 0 Å². The molecule has 1 radical (unpaired) electrons. The quantitative estimate of drug-likeness (QED) is 0.596. The van der Waals surface area contributed by atoms with Gasteiger partial charge in [0.1, 0.15) is 12.4 Å². The van der Waals surface area contributed by atoms with Crippen LogP contribution in [-0.4, -0.2) is 6.61 Å². The van der Waals surface area contributed by atoms with Gasteiger partial charge in [-0.15, -0.1) is 0 Å². The molecule has 1 heteroatoms. The minimum absolute atomic E-state index is 0.545. The van der Waals surface area contributed by atoms with Crippen molar-refractivity contribution in [3.05, 3.63) is 49.4 Å². The van der Waals surface area contributed by atoms with Gasteiger partial charge in [0, 0.05) is 0 Å². The van der Waals surface area contributed by atoms with Crippen molar-refractivity contribution in [3.63, 3.8) is 0 Å². The normalized spacial score (nSPS) is 9.18. The van der Waals surface area contributed by atoms with Crippen LogP contribution in [0.4, 0.5) is 0 Å². The maximum Gasteiger partial charge on any atom is 0.120 e. The van der Waals surface area contributed by atoms with Crippen LogP contribution >= 0.6 is 0 Å². The molecule has 0 N–H and O–H groups in total. The lowest BCUT2D eigenvalue weighted by molar-refractivity contribution is 0.363. The van der Waals surface area contributed by atoms with E-state index in [1.54, 1.807) is 6.08 Å². The molecule has 0 heterocycles. The predicted octanol–water partition coefficient (Wildman–Crippen LogP) is 2.43. The molecule has 0 saturated heterocycles. The first kappa shape index (κ1) is 7.86. The summed E-state index contributed by atoms with van der Waals surface area (Å²) in [5.74, 6) is 0.845. The highest BCUT2D eigenvalue weighted by Crippen LogP contribution is 2.11. The van der Waals surface area contributed by atoms with E-state index in [1.807, 2.05) is 24.3 Å². The molecule has 0 aliphatic rings. The van der Waals surface area contributed by atoms with Crippen molar-refractivity contribution >= 4 is 0 Å². The molecule has 0 saturated carbocycles. The van der Waals surface area contributed by atoms with Crippen molar-refractivity contribution in [2.75, 3.05) is 6.61 Å². The topological polar surface area (TPSA) is 9.23 Å². The fourth-order valence-corrected chi connectivity index (χ4v) is 0.790. The Morgan fingerprint density at radius 2 is 2.27 bits per heavy atom. The molecule has 0 aliphatic carbocycles. The number of hydrogen-bond acceptors (Lipinski definition) is 1. The van der Waals surface area contributed by atoms with Crippen LogP contribution < -0.4 is 4.74 Å². The van der Waals surface area contributed by atoms with Gasteiger partial charge >= 0.3 is 0 Å². The maximum atomic E-state index is 5.28. The number of ether oxygens (including phenoxy) is 1. The van der Waals surface area contributed by atoms with Crippen molar-refractivity contribution < 1.29 is 4.74 Å². The lowest BCUT2D eigenvalue weighted by atomic mass is 10.2. The molecule has 0 atom stereocenters. The summed E-state index contributed by atoms with van der Waals surface area (Å²) in [6, 6.07) is 7.64. The molecule has 11 heavy (non-hydrogen) atoms. The van der Waals surface area contributed by atoms with Gasteiger partial charge in [-0.1, -0.05) is 24.8 Å². The molecule has 1 aromatic rings. The van der Waals surface area contributed by atoms with Crippen molar-refractivity contribution in [1.29, 1.82) is 0 Å². The summed E-state index contributed by atoms with van der Waals surface area (Å²) in [7, 11) is 0. The number of rotatable bonds is 3. The van der Waals surface area contributed by atoms with E-state index in [0.717, 1.165) is 11.3 Å². The Bertz CT molecular complexity index is 240. The van der Waals surface area contributed by atoms with E-state index in [4.69, 9.17) is 4.74 Å². The average Bonchev–Trinajstić information content (AvgIpc) is 2.01. The average molecular weight is 147 g/mol. The summed E-state index contributed by atoms with van der Waals surface area (Å²) >= 11 is 0. The summed E-state index contributed by atoms with van der Waals surface area (Å²) in [5.41, 5.74) is 0.964. The van der Waals surface area contributed by atoms with E-state index in [-0.39, 0.29) is 0 Å². The summed E-state index contributed by atoms with van der Waals surface area (Å²) in [4.78, 5) is 0. The zero-order chi connectivity index (χ0) is 8.10. The Morgan fingerprint density at radius 3 is 2.91 bits per heavy atom. The van der Waals surface area contributed by atoms with Crippen LogP contribution in [0.1, 0.15) is 5.56 Å². The van der Waals surface area contributed by atoms with E-state index in [2.05, 4.69) is 13.5 Å². The van der Waals surface area contributed by atoms with E-state index >= 15 is 0 Å². The van der Waals surface area contributed by atoms with Gasteiger partial charge in [0.05, 0.1) is 0 Å². The van der Waals surface area contributed by atoms with E-state index in [1.165, 1.54) is 0 Å². The minimum atomic E-state index is 0.545. The molecule has 0 spiro atoms. The Labute approximate surface area is 67.3 Å². The van der Waals surface area contributed by atoms with E-state index in [0.29, 0.717) is 6.61 Å². The van der Waals surface area contributed by atoms with Crippen LogP contribution in [0.3, 0.4) is 0 Å². The zero-order valence-electron chi connectivity index (χ0n) is 6.42. The monoisotopic (exact) mass is 147 g/mol. The fraction of sp³-hybridized carbons (Fsp3) is 0.100. The molecule has 0 aromatic heterocycles. The molecular weight excluding hydrogens is 136 g/mol. The predicted molar refractivity (Wildman–Crippen MR) is 46.6 cm³/mol. The largest absolute Gasteiger partial charge is 0.490 e. The van der Waals surface area contributed by atoms with Crippen molar-refractivity contribution in [1.82, 2.24) is 0 Å². The third kappa shape index (κ3) is 2.46. The fourth-order valence-electron chi connectivity index (χ4n) is 0.790. The van der Waals surface area contributed by atoms with Gasteiger partial charge in [-0.3, -0.25) is 0 Å². The molecule has 0 bridgehead atoms. The highest BCUT2D eigenvalue weighted by Gasteiger charge is 1.89. The number of benzene rings is 1. The Kier molecular flexibility index (Phi) is 2.73. The number of hydrogen-bond donors (Lipinski definition) is 0. The van der Waals surface area contributed by atoms with Crippen molar-refractivity contribution in [3.8, 4) is 5.75 Å². The van der Waals surface area contributed by atoms with Crippen LogP contribution in [0.5, 0.6) is 5.75 Å². The lowest BCUT2D eigenvalue weighted by Gasteiger charge is -2.02. The minimum Gasteiger partial charge on any atom is -0.490 e. The molecule has 0 fully saturated rings. The van der Waals surface area contributed by atoms with Gasteiger partial charge in [-0.25, -0.2) is 0 Å². The standard InChI is InChI=1S/C10H11O/c1-3-7-11-10-6-4-5-9(2)8-10/h3-6,8H,1-2,7H2. The molecule has 1 rings (SSSR count). The molecular formula is C10H11O. The third-order valence-corrected chi connectivity index (χ3v) is 1.27. The SMILES string of the molecule is [CH2]c1cccc(OCC=C)c1. The Morgan fingerprint density at radius 1 is 1.45 bits per heavy atom. The zero-order valence-corrected chi connectivity index (χ0v) is 6.42. The van der Waals surface area contributed by atoms with Crippen LogP contribution in [0.15, 0.2) is 36.9 Å². The first-order valence-electron chi connectivity index (χ1n) is 3.48. The van der Waals surface area contributed by atoms with Gasteiger partial charge in [0.25, 0.3) is 0 Å². The highest BCUT2D eigenvalue weighted by atomic mass is 16.5. The first-order valence-corrected chi connectivity index (χ1v) is 3.48. The van der Waals surface area contributed by atoms with Gasteiger partial charge in [-0.2, -0.15) is 0 Å². The molecule has 57 valence electrons. The van der Waals surface area contributed by atoms with E-state index < -0.39 is 0 Å². The molecule has 1 nitrogen and oxygen atoms in total. The van der Waals surface area contributed by atoms with Gasteiger partial charge in [0.2, 0.25) is 0 Å². The van der Waals surface area contributed by atoms with Gasteiger partial charge in [-0.05, 0) is 24.6 Å². The second-order valence-electron chi connectivity index (χ2n) is 2.25. The van der Waals surface area contributed by atoms with Gasteiger partial charge in [0.15, 0.2) is 0 Å². The van der Waals surface area contributed by atoms with E-state index in [9.17, 15) is 0 Å². The van der Waals surface area contributed by atoms with Crippen LogP contribution in [0.25, 0.3) is 0 Å².